The van der Waals surface area contributed by atoms with Gasteiger partial charge in [-0.3, -0.25) is 9.78 Å². The minimum absolute atomic E-state index is 0.0776. The van der Waals surface area contributed by atoms with Crippen LogP contribution in [0, 0.1) is 5.92 Å². The highest BCUT2D eigenvalue weighted by Gasteiger charge is 2.13. The molecule has 0 saturated carbocycles. The zero-order chi connectivity index (χ0) is 18.1. The standard InChI is InChI=1S/C22H29NO2/c1-4-6-7-8-9-18-10-15-21(23-16-18)19-11-13-20(14-12-19)25-22(24)17(3)5-2/h10-17H,4-9H2,1-3H3. The maximum atomic E-state index is 11.8. The number of pyridine rings is 1. The topological polar surface area (TPSA) is 39.2 Å². The van der Waals surface area contributed by atoms with Gasteiger partial charge in [-0.15, -0.1) is 0 Å². The van der Waals surface area contributed by atoms with Gasteiger partial charge < -0.3 is 4.74 Å². The number of unbranched alkanes of at least 4 members (excludes halogenated alkanes) is 3. The van der Waals surface area contributed by atoms with Crippen LogP contribution in [0.1, 0.15) is 58.4 Å². The van der Waals surface area contributed by atoms with Crippen LogP contribution in [0.4, 0.5) is 0 Å². The number of aryl methyl sites for hydroxylation is 1. The number of esters is 1. The van der Waals surface area contributed by atoms with Crippen molar-refractivity contribution in [1.82, 2.24) is 4.98 Å². The monoisotopic (exact) mass is 339 g/mol. The van der Waals surface area contributed by atoms with Crippen molar-refractivity contribution in [2.75, 3.05) is 0 Å². The molecule has 0 aliphatic carbocycles. The summed E-state index contributed by atoms with van der Waals surface area (Å²) in [5, 5.41) is 0. The molecule has 1 atom stereocenters. The maximum Gasteiger partial charge on any atom is 0.314 e. The minimum atomic E-state index is -0.180. The second-order valence-electron chi connectivity index (χ2n) is 6.62. The SMILES string of the molecule is CCCCCCc1ccc(-c2ccc(OC(=O)C(C)CC)cc2)nc1. The first-order chi connectivity index (χ1) is 12.1. The van der Waals surface area contributed by atoms with Crippen LogP contribution in [0.3, 0.4) is 0 Å². The Hall–Kier alpha value is -2.16. The number of hydrogen-bond donors (Lipinski definition) is 0. The lowest BCUT2D eigenvalue weighted by molar-refractivity contribution is -0.138. The lowest BCUT2D eigenvalue weighted by atomic mass is 10.1. The fraction of sp³-hybridized carbons (Fsp3) is 0.455. The first-order valence-corrected chi connectivity index (χ1v) is 9.41. The van der Waals surface area contributed by atoms with E-state index in [1.807, 2.05) is 44.3 Å². The summed E-state index contributed by atoms with van der Waals surface area (Å²) < 4.78 is 5.38. The number of rotatable bonds is 9. The van der Waals surface area contributed by atoms with Crippen molar-refractivity contribution in [3.05, 3.63) is 48.2 Å². The molecule has 0 amide bonds. The molecule has 134 valence electrons. The van der Waals surface area contributed by atoms with Gasteiger partial charge >= 0.3 is 5.97 Å². The van der Waals surface area contributed by atoms with E-state index in [0.717, 1.165) is 24.1 Å². The molecule has 0 bridgehead atoms. The minimum Gasteiger partial charge on any atom is -0.426 e. The van der Waals surface area contributed by atoms with Crippen molar-refractivity contribution < 1.29 is 9.53 Å². The molecule has 3 nitrogen and oxygen atoms in total. The second kappa shape index (κ2) is 9.97. The van der Waals surface area contributed by atoms with Gasteiger partial charge in [-0.25, -0.2) is 0 Å². The third-order valence-corrected chi connectivity index (χ3v) is 4.53. The molecule has 0 aliphatic heterocycles. The number of nitrogens with zero attached hydrogens (tertiary/aromatic N) is 1. The first kappa shape index (κ1) is 19.2. The van der Waals surface area contributed by atoms with E-state index in [9.17, 15) is 4.79 Å². The van der Waals surface area contributed by atoms with Crippen molar-refractivity contribution in [3.8, 4) is 17.0 Å². The van der Waals surface area contributed by atoms with E-state index in [1.54, 1.807) is 0 Å². The second-order valence-corrected chi connectivity index (χ2v) is 6.62. The zero-order valence-electron chi connectivity index (χ0n) is 15.6. The van der Waals surface area contributed by atoms with Gasteiger partial charge in [0, 0.05) is 11.8 Å². The fourth-order valence-electron chi connectivity index (χ4n) is 2.58. The Bertz CT molecular complexity index is 647. The summed E-state index contributed by atoms with van der Waals surface area (Å²) in [4.78, 5) is 16.4. The molecule has 3 heteroatoms. The van der Waals surface area contributed by atoms with Gasteiger partial charge in [0.2, 0.25) is 0 Å². The van der Waals surface area contributed by atoms with Gasteiger partial charge in [-0.1, -0.05) is 46.1 Å². The van der Waals surface area contributed by atoms with Gasteiger partial charge in [0.1, 0.15) is 5.75 Å². The fourth-order valence-corrected chi connectivity index (χ4v) is 2.58. The van der Waals surface area contributed by atoms with Gasteiger partial charge in [0.05, 0.1) is 11.6 Å². The number of hydrogen-bond acceptors (Lipinski definition) is 3. The Morgan fingerprint density at radius 2 is 1.80 bits per heavy atom. The lowest BCUT2D eigenvalue weighted by Gasteiger charge is -2.09. The van der Waals surface area contributed by atoms with E-state index in [1.165, 1.54) is 31.2 Å². The van der Waals surface area contributed by atoms with Gasteiger partial charge in [-0.2, -0.15) is 0 Å². The van der Waals surface area contributed by atoms with Crippen LogP contribution in [0.15, 0.2) is 42.6 Å². The van der Waals surface area contributed by atoms with E-state index < -0.39 is 0 Å². The van der Waals surface area contributed by atoms with Crippen LogP contribution in [-0.2, 0) is 11.2 Å². The molecule has 0 fully saturated rings. The van der Waals surface area contributed by atoms with Crippen LogP contribution in [0.25, 0.3) is 11.3 Å². The predicted octanol–water partition coefficient (Wildman–Crippen LogP) is 5.82. The predicted molar refractivity (Wildman–Crippen MR) is 103 cm³/mol. The average Bonchev–Trinajstić information content (AvgIpc) is 2.65. The third-order valence-electron chi connectivity index (χ3n) is 4.53. The molecule has 2 aromatic rings. The van der Waals surface area contributed by atoms with E-state index in [-0.39, 0.29) is 11.9 Å². The van der Waals surface area contributed by atoms with Crippen LogP contribution in [0.5, 0.6) is 5.75 Å². The van der Waals surface area contributed by atoms with Gasteiger partial charge in [0.15, 0.2) is 0 Å². The zero-order valence-corrected chi connectivity index (χ0v) is 15.6. The maximum absolute atomic E-state index is 11.8. The number of carbonyl (C=O) groups is 1. The third kappa shape index (κ3) is 6.00. The highest BCUT2D eigenvalue weighted by atomic mass is 16.5. The molecule has 1 heterocycles. The van der Waals surface area contributed by atoms with E-state index >= 15 is 0 Å². The molecular formula is C22H29NO2. The molecule has 0 aliphatic rings. The summed E-state index contributed by atoms with van der Waals surface area (Å²) >= 11 is 0. The van der Waals surface area contributed by atoms with Crippen molar-refractivity contribution in [1.29, 1.82) is 0 Å². The Labute approximate surface area is 151 Å². The van der Waals surface area contributed by atoms with Crippen LogP contribution < -0.4 is 4.74 Å². The first-order valence-electron chi connectivity index (χ1n) is 9.41. The van der Waals surface area contributed by atoms with Crippen molar-refractivity contribution in [3.63, 3.8) is 0 Å². The Kier molecular flexibility index (Phi) is 7.65. The van der Waals surface area contributed by atoms with Gasteiger partial charge in [0.25, 0.3) is 0 Å². The van der Waals surface area contributed by atoms with E-state index in [2.05, 4.69) is 24.0 Å². The summed E-state index contributed by atoms with van der Waals surface area (Å²) in [5.41, 5.74) is 3.26. The molecule has 0 spiro atoms. The quantitative estimate of drug-likeness (QED) is 0.328. The Balaban J connectivity index is 1.94. The highest BCUT2D eigenvalue weighted by molar-refractivity contribution is 5.75. The van der Waals surface area contributed by atoms with Gasteiger partial charge in [-0.05, 0) is 55.2 Å². The molecule has 0 N–H and O–H groups in total. The molecule has 1 unspecified atom stereocenters. The molecular weight excluding hydrogens is 310 g/mol. The highest BCUT2D eigenvalue weighted by Crippen LogP contribution is 2.22. The number of aromatic nitrogens is 1. The lowest BCUT2D eigenvalue weighted by Crippen LogP contribution is -2.16. The van der Waals surface area contributed by atoms with Crippen molar-refractivity contribution >= 4 is 5.97 Å². The molecule has 1 aromatic heterocycles. The number of ether oxygens (including phenoxy) is 1. The molecule has 25 heavy (non-hydrogen) atoms. The number of benzene rings is 1. The Morgan fingerprint density at radius 3 is 2.40 bits per heavy atom. The van der Waals surface area contributed by atoms with E-state index in [4.69, 9.17) is 4.74 Å². The van der Waals surface area contributed by atoms with Crippen LogP contribution in [-0.4, -0.2) is 11.0 Å². The molecule has 0 saturated heterocycles. The molecule has 1 aromatic carbocycles. The van der Waals surface area contributed by atoms with Crippen molar-refractivity contribution in [2.24, 2.45) is 5.92 Å². The largest absolute Gasteiger partial charge is 0.426 e. The average molecular weight is 339 g/mol. The van der Waals surface area contributed by atoms with Crippen LogP contribution in [0.2, 0.25) is 0 Å². The Morgan fingerprint density at radius 1 is 1.04 bits per heavy atom. The molecule has 0 radical (unpaired) electrons. The summed E-state index contributed by atoms with van der Waals surface area (Å²) in [6.07, 6.45) is 8.93. The number of carbonyl (C=O) groups excluding carboxylic acids is 1. The van der Waals surface area contributed by atoms with E-state index in [0.29, 0.717) is 5.75 Å². The summed E-state index contributed by atoms with van der Waals surface area (Å²) in [5.74, 6) is 0.327. The molecule has 2 rings (SSSR count). The normalized spacial score (nSPS) is 12.0. The summed E-state index contributed by atoms with van der Waals surface area (Å²) in [7, 11) is 0. The summed E-state index contributed by atoms with van der Waals surface area (Å²) in [6, 6.07) is 11.8. The van der Waals surface area contributed by atoms with Crippen LogP contribution >= 0.6 is 0 Å². The smallest absolute Gasteiger partial charge is 0.314 e. The van der Waals surface area contributed by atoms with Crippen molar-refractivity contribution in [2.45, 2.75) is 59.3 Å². The summed E-state index contributed by atoms with van der Waals surface area (Å²) in [6.45, 7) is 6.09.